The number of hydrogen-bond acceptors (Lipinski definition) is 3. The van der Waals surface area contributed by atoms with E-state index in [2.05, 4.69) is 10.4 Å². The highest BCUT2D eigenvalue weighted by molar-refractivity contribution is 7.80. The van der Waals surface area contributed by atoms with E-state index in [9.17, 15) is 0 Å². The van der Waals surface area contributed by atoms with Gasteiger partial charge in [-0.1, -0.05) is 19.1 Å². The summed E-state index contributed by atoms with van der Waals surface area (Å²) in [6.07, 6.45) is 2.64. The van der Waals surface area contributed by atoms with Gasteiger partial charge in [0.1, 0.15) is 4.99 Å². The summed E-state index contributed by atoms with van der Waals surface area (Å²) in [5.41, 5.74) is 4.37. The first-order valence-electron chi connectivity index (χ1n) is 3.73. The van der Waals surface area contributed by atoms with Crippen molar-refractivity contribution in [2.75, 3.05) is 0 Å². The Labute approximate surface area is 77.0 Å². The van der Waals surface area contributed by atoms with Gasteiger partial charge in [-0.25, -0.2) is 5.84 Å². The van der Waals surface area contributed by atoms with E-state index >= 15 is 0 Å². The van der Waals surface area contributed by atoms with Gasteiger partial charge in [0.2, 0.25) is 0 Å². The summed E-state index contributed by atoms with van der Waals surface area (Å²) >= 11 is 4.97. The van der Waals surface area contributed by atoms with Crippen molar-refractivity contribution in [3.05, 3.63) is 29.6 Å². The minimum absolute atomic E-state index is 0.548. The first-order chi connectivity index (χ1) is 5.77. The molecule has 1 heterocycles. The summed E-state index contributed by atoms with van der Waals surface area (Å²) in [6, 6.07) is 3.77. The molecular weight excluding hydrogens is 170 g/mol. The summed E-state index contributed by atoms with van der Waals surface area (Å²) < 4.78 is 0. The number of nitrogens with one attached hydrogen (secondary N) is 1. The molecule has 0 saturated heterocycles. The molecule has 3 N–H and O–H groups in total. The van der Waals surface area contributed by atoms with Crippen molar-refractivity contribution in [1.29, 1.82) is 0 Å². The van der Waals surface area contributed by atoms with Crippen LogP contribution in [0.4, 0.5) is 0 Å². The van der Waals surface area contributed by atoms with Gasteiger partial charge >= 0.3 is 0 Å². The van der Waals surface area contributed by atoms with Crippen LogP contribution in [0.1, 0.15) is 18.2 Å². The highest BCUT2D eigenvalue weighted by Gasteiger charge is 1.99. The molecule has 0 amide bonds. The standard InChI is InChI=1S/C8H11N3S/c1-2-7-5-6(3-4-10-7)8(12)11-9/h3-5H,2,9H2,1H3,(H,11,12). The van der Waals surface area contributed by atoms with Crippen molar-refractivity contribution in [3.8, 4) is 0 Å². The highest BCUT2D eigenvalue weighted by atomic mass is 32.1. The second kappa shape index (κ2) is 4.13. The Morgan fingerprint density at radius 1 is 1.75 bits per heavy atom. The van der Waals surface area contributed by atoms with E-state index in [4.69, 9.17) is 18.1 Å². The van der Waals surface area contributed by atoms with Gasteiger partial charge in [-0.15, -0.1) is 0 Å². The summed E-state index contributed by atoms with van der Waals surface area (Å²) in [7, 11) is 0. The molecule has 3 nitrogen and oxygen atoms in total. The number of rotatable bonds is 2. The van der Waals surface area contributed by atoms with Crippen LogP contribution in [0.2, 0.25) is 0 Å². The van der Waals surface area contributed by atoms with Gasteiger partial charge in [0.15, 0.2) is 0 Å². The SMILES string of the molecule is CCc1cc(C(=S)NN)ccn1. The molecule has 12 heavy (non-hydrogen) atoms. The molecule has 0 bridgehead atoms. The molecule has 0 unspecified atom stereocenters. The molecule has 0 aliphatic carbocycles. The van der Waals surface area contributed by atoms with Crippen LogP contribution >= 0.6 is 12.2 Å². The predicted octanol–water partition coefficient (Wildman–Crippen LogP) is 0.783. The molecule has 4 heteroatoms. The summed E-state index contributed by atoms with van der Waals surface area (Å²) in [5, 5.41) is 0. The Balaban J connectivity index is 2.93. The first-order valence-corrected chi connectivity index (χ1v) is 4.14. The number of nitrogens with two attached hydrogens (primary N) is 1. The van der Waals surface area contributed by atoms with Gasteiger partial charge < -0.3 is 5.43 Å². The lowest BCUT2D eigenvalue weighted by Crippen LogP contribution is -2.29. The molecule has 0 spiro atoms. The zero-order valence-corrected chi connectivity index (χ0v) is 7.69. The number of hydrogen-bond donors (Lipinski definition) is 2. The third-order valence-electron chi connectivity index (χ3n) is 1.57. The Morgan fingerprint density at radius 2 is 2.50 bits per heavy atom. The average molecular weight is 181 g/mol. The van der Waals surface area contributed by atoms with Gasteiger partial charge in [-0.2, -0.15) is 0 Å². The third-order valence-corrected chi connectivity index (χ3v) is 1.93. The Morgan fingerprint density at radius 3 is 3.08 bits per heavy atom. The maximum atomic E-state index is 5.18. The van der Waals surface area contributed by atoms with E-state index in [1.807, 2.05) is 19.1 Å². The van der Waals surface area contributed by atoms with E-state index in [1.165, 1.54) is 0 Å². The molecule has 1 rings (SSSR count). The van der Waals surface area contributed by atoms with Crippen molar-refractivity contribution < 1.29 is 0 Å². The minimum Gasteiger partial charge on any atom is -0.314 e. The van der Waals surface area contributed by atoms with Crippen molar-refractivity contribution in [2.45, 2.75) is 13.3 Å². The number of nitrogens with zero attached hydrogens (tertiary/aromatic N) is 1. The largest absolute Gasteiger partial charge is 0.314 e. The lowest BCUT2D eigenvalue weighted by molar-refractivity contribution is 1.02. The molecule has 0 fully saturated rings. The van der Waals surface area contributed by atoms with Crippen LogP contribution in [0.25, 0.3) is 0 Å². The van der Waals surface area contributed by atoms with E-state index in [-0.39, 0.29) is 0 Å². The Bertz CT molecular complexity index is 285. The second-order valence-electron chi connectivity index (χ2n) is 2.36. The zero-order valence-electron chi connectivity index (χ0n) is 6.87. The van der Waals surface area contributed by atoms with E-state index in [1.54, 1.807) is 6.20 Å². The van der Waals surface area contributed by atoms with Crippen LogP contribution in [0.15, 0.2) is 18.3 Å². The Kier molecular flexibility index (Phi) is 3.13. The molecule has 0 atom stereocenters. The van der Waals surface area contributed by atoms with Crippen molar-refractivity contribution in [2.24, 2.45) is 5.84 Å². The molecule has 1 aromatic heterocycles. The van der Waals surface area contributed by atoms with Crippen molar-refractivity contribution in [3.63, 3.8) is 0 Å². The number of hydrazine groups is 1. The molecule has 0 aliphatic rings. The lowest BCUT2D eigenvalue weighted by Gasteiger charge is -2.03. The van der Waals surface area contributed by atoms with Gasteiger partial charge in [-0.3, -0.25) is 4.98 Å². The van der Waals surface area contributed by atoms with E-state index < -0.39 is 0 Å². The number of pyridine rings is 1. The van der Waals surface area contributed by atoms with Crippen LogP contribution in [0.3, 0.4) is 0 Å². The molecule has 1 aromatic rings. The van der Waals surface area contributed by atoms with Crippen LogP contribution in [-0.4, -0.2) is 9.97 Å². The monoisotopic (exact) mass is 181 g/mol. The fourth-order valence-corrected chi connectivity index (χ4v) is 1.02. The number of aryl methyl sites for hydroxylation is 1. The fraction of sp³-hybridized carbons (Fsp3) is 0.250. The van der Waals surface area contributed by atoms with Crippen LogP contribution < -0.4 is 11.3 Å². The quantitative estimate of drug-likeness (QED) is 0.402. The fourth-order valence-electron chi connectivity index (χ4n) is 0.896. The lowest BCUT2D eigenvalue weighted by atomic mass is 10.2. The van der Waals surface area contributed by atoms with Gasteiger partial charge in [0.25, 0.3) is 0 Å². The second-order valence-corrected chi connectivity index (χ2v) is 2.77. The van der Waals surface area contributed by atoms with Crippen LogP contribution in [-0.2, 0) is 6.42 Å². The summed E-state index contributed by atoms with van der Waals surface area (Å²) in [4.78, 5) is 4.69. The van der Waals surface area contributed by atoms with Crippen molar-refractivity contribution in [1.82, 2.24) is 10.4 Å². The van der Waals surface area contributed by atoms with Crippen LogP contribution in [0, 0.1) is 0 Å². The Hall–Kier alpha value is -1.00. The normalized spacial score (nSPS) is 9.50. The highest BCUT2D eigenvalue weighted by Crippen LogP contribution is 2.02. The molecule has 0 aliphatic heterocycles. The molecule has 0 aromatic carbocycles. The topological polar surface area (TPSA) is 50.9 Å². The van der Waals surface area contributed by atoms with Gasteiger partial charge in [0, 0.05) is 17.5 Å². The predicted molar refractivity (Wildman–Crippen MR) is 52.6 cm³/mol. The average Bonchev–Trinajstić information content (AvgIpc) is 2.17. The smallest absolute Gasteiger partial charge is 0.120 e. The minimum atomic E-state index is 0.548. The van der Waals surface area contributed by atoms with Gasteiger partial charge in [-0.05, 0) is 18.6 Å². The maximum Gasteiger partial charge on any atom is 0.120 e. The molecule has 0 radical (unpaired) electrons. The number of thiocarbonyl (C=S) groups is 1. The van der Waals surface area contributed by atoms with E-state index in [0.717, 1.165) is 17.7 Å². The summed E-state index contributed by atoms with van der Waals surface area (Å²) in [5.74, 6) is 5.18. The third kappa shape index (κ3) is 1.99. The number of aromatic nitrogens is 1. The molecular formula is C8H11N3S. The summed E-state index contributed by atoms with van der Waals surface area (Å²) in [6.45, 7) is 2.05. The maximum absolute atomic E-state index is 5.18. The van der Waals surface area contributed by atoms with Gasteiger partial charge in [0.05, 0.1) is 0 Å². The first kappa shape index (κ1) is 9.09. The van der Waals surface area contributed by atoms with Crippen molar-refractivity contribution >= 4 is 17.2 Å². The molecule has 64 valence electrons. The van der Waals surface area contributed by atoms with Crippen LogP contribution in [0.5, 0.6) is 0 Å². The molecule has 0 saturated carbocycles. The zero-order chi connectivity index (χ0) is 8.97. The van der Waals surface area contributed by atoms with E-state index in [0.29, 0.717) is 4.99 Å².